The Labute approximate surface area is 234 Å². The highest BCUT2D eigenvalue weighted by Crippen LogP contribution is 2.21. The number of nitrogens with zero attached hydrogens (tertiary/aromatic N) is 1. The van der Waals surface area contributed by atoms with Crippen LogP contribution in [0, 0.1) is 0 Å². The molecule has 0 saturated heterocycles. The normalized spacial score (nSPS) is 13.3. The van der Waals surface area contributed by atoms with Crippen LogP contribution in [-0.2, 0) is 0 Å². The van der Waals surface area contributed by atoms with Gasteiger partial charge in [0.15, 0.2) is 0 Å². The Morgan fingerprint density at radius 3 is 1.27 bits per heavy atom. The summed E-state index contributed by atoms with van der Waals surface area (Å²) in [5, 5.41) is 0. The van der Waals surface area contributed by atoms with Crippen molar-refractivity contribution >= 4 is 0 Å². The second-order valence-electron chi connectivity index (χ2n) is 12.4. The second-order valence-corrected chi connectivity index (χ2v) is 12.4. The number of hydrogen-bond donors (Lipinski definition) is 1. The van der Waals surface area contributed by atoms with Crippen LogP contribution in [0.3, 0.4) is 0 Å². The fraction of sp³-hybridized carbons (Fsp3) is 0.914. The molecule has 1 aromatic rings. The Morgan fingerprint density at radius 1 is 0.514 bits per heavy atom. The molecule has 37 heavy (non-hydrogen) atoms. The van der Waals surface area contributed by atoms with Crippen molar-refractivity contribution in [1.82, 2.24) is 4.98 Å². The minimum absolute atomic E-state index is 0.620. The average molecular weight is 518 g/mol. The number of imidazole rings is 1. The molecule has 2 nitrogen and oxygen atoms in total. The van der Waals surface area contributed by atoms with Gasteiger partial charge in [-0.25, -0.2) is 9.55 Å². The van der Waals surface area contributed by atoms with Crippen molar-refractivity contribution in [2.45, 2.75) is 207 Å². The van der Waals surface area contributed by atoms with Crippen LogP contribution in [0.15, 0.2) is 12.4 Å². The van der Waals surface area contributed by atoms with E-state index in [0.717, 1.165) is 0 Å². The third-order valence-corrected chi connectivity index (χ3v) is 8.65. The van der Waals surface area contributed by atoms with E-state index in [9.17, 15) is 0 Å². The van der Waals surface area contributed by atoms with E-state index in [0.29, 0.717) is 12.0 Å². The highest BCUT2D eigenvalue weighted by Gasteiger charge is 2.22. The number of unbranched alkanes of at least 4 members (excludes halogenated alkanes) is 22. The van der Waals surface area contributed by atoms with E-state index in [1.165, 1.54) is 173 Å². The van der Waals surface area contributed by atoms with Crippen LogP contribution >= 0.6 is 0 Å². The maximum absolute atomic E-state index is 3.59. The van der Waals surface area contributed by atoms with E-state index in [2.05, 4.69) is 49.6 Å². The fourth-order valence-corrected chi connectivity index (χ4v) is 5.99. The van der Waals surface area contributed by atoms with Gasteiger partial charge in [0.05, 0.1) is 12.0 Å². The molecule has 0 spiro atoms. The van der Waals surface area contributed by atoms with Gasteiger partial charge in [-0.1, -0.05) is 168 Å². The lowest BCUT2D eigenvalue weighted by molar-refractivity contribution is -0.727. The zero-order valence-electron chi connectivity index (χ0n) is 26.1. The molecule has 1 heterocycles. The highest BCUT2D eigenvalue weighted by molar-refractivity contribution is 4.87. The maximum atomic E-state index is 3.59. The van der Waals surface area contributed by atoms with Crippen molar-refractivity contribution < 1.29 is 4.57 Å². The molecule has 0 amide bonds. The molecular formula is C35H69N2+. The lowest BCUT2D eigenvalue weighted by Gasteiger charge is -2.14. The molecule has 0 aliphatic rings. The van der Waals surface area contributed by atoms with Gasteiger partial charge >= 0.3 is 0 Å². The zero-order chi connectivity index (χ0) is 26.8. The summed E-state index contributed by atoms with van der Waals surface area (Å²) in [5.74, 6) is 2.09. The van der Waals surface area contributed by atoms with Crippen LogP contribution < -0.4 is 4.57 Å². The van der Waals surface area contributed by atoms with Crippen molar-refractivity contribution in [3.8, 4) is 0 Å². The molecule has 2 heteroatoms. The first-order valence-corrected chi connectivity index (χ1v) is 17.3. The summed E-state index contributed by atoms with van der Waals surface area (Å²) in [6.45, 7) is 9.45. The molecule has 1 rings (SSSR count). The van der Waals surface area contributed by atoms with Gasteiger partial charge in [0.1, 0.15) is 12.4 Å². The Balaban J connectivity index is 2.01. The summed E-state index contributed by atoms with van der Waals surface area (Å²) in [5.41, 5.74) is 0. The first-order chi connectivity index (χ1) is 18.2. The number of hydrogen-bond acceptors (Lipinski definition) is 0. The third-order valence-electron chi connectivity index (χ3n) is 8.65. The monoisotopic (exact) mass is 518 g/mol. The summed E-state index contributed by atoms with van der Waals surface area (Å²) < 4.78 is 2.54. The van der Waals surface area contributed by atoms with Gasteiger partial charge < -0.3 is 0 Å². The van der Waals surface area contributed by atoms with Gasteiger partial charge in [-0.2, -0.15) is 0 Å². The Kier molecular flexibility index (Phi) is 23.6. The van der Waals surface area contributed by atoms with E-state index < -0.39 is 0 Å². The topological polar surface area (TPSA) is 19.7 Å². The van der Waals surface area contributed by atoms with Crippen LogP contribution in [0.1, 0.15) is 212 Å². The van der Waals surface area contributed by atoms with Gasteiger partial charge in [0, 0.05) is 0 Å². The first kappa shape index (κ1) is 34.2. The summed E-state index contributed by atoms with van der Waals surface area (Å²) in [6, 6.07) is 0.620. The number of H-pyrrole nitrogens is 1. The minimum Gasteiger partial charge on any atom is -0.247 e. The molecule has 1 aromatic heterocycles. The smallest absolute Gasteiger partial charge is 0.247 e. The Hall–Kier alpha value is -0.790. The fourth-order valence-electron chi connectivity index (χ4n) is 5.99. The SMILES string of the molecule is CCCCCCCCCCCCCCCCCC(C)c1[nH]cc[n+]1C(C)CCCCCCCCCCC. The molecule has 0 aliphatic heterocycles. The highest BCUT2D eigenvalue weighted by atomic mass is 15.1. The Morgan fingerprint density at radius 2 is 0.865 bits per heavy atom. The lowest BCUT2D eigenvalue weighted by atomic mass is 9.99. The number of rotatable bonds is 28. The Bertz CT molecular complexity index is 578. The summed E-state index contributed by atoms with van der Waals surface area (Å²) >= 11 is 0. The molecule has 0 bridgehead atoms. The largest absolute Gasteiger partial charge is 0.257 e. The molecule has 0 aliphatic carbocycles. The zero-order valence-corrected chi connectivity index (χ0v) is 26.1. The van der Waals surface area contributed by atoms with E-state index in [-0.39, 0.29) is 0 Å². The minimum atomic E-state index is 0.620. The molecule has 0 aromatic carbocycles. The molecule has 2 atom stereocenters. The van der Waals surface area contributed by atoms with Gasteiger partial charge in [-0.15, -0.1) is 0 Å². The molecule has 218 valence electrons. The van der Waals surface area contributed by atoms with Crippen molar-refractivity contribution in [1.29, 1.82) is 0 Å². The quantitative estimate of drug-likeness (QED) is 0.0842. The predicted molar refractivity (Wildman–Crippen MR) is 166 cm³/mol. The van der Waals surface area contributed by atoms with Crippen LogP contribution in [-0.4, -0.2) is 4.98 Å². The summed E-state index contributed by atoms with van der Waals surface area (Å²) in [7, 11) is 0. The van der Waals surface area contributed by atoms with E-state index in [1.807, 2.05) is 0 Å². The van der Waals surface area contributed by atoms with Crippen LogP contribution in [0.25, 0.3) is 0 Å². The summed E-state index contributed by atoms with van der Waals surface area (Å²) in [4.78, 5) is 3.59. The molecular weight excluding hydrogens is 448 g/mol. The van der Waals surface area contributed by atoms with Crippen LogP contribution in [0.2, 0.25) is 0 Å². The number of aromatic nitrogens is 2. The van der Waals surface area contributed by atoms with Gasteiger partial charge in [-0.05, 0) is 26.2 Å². The van der Waals surface area contributed by atoms with Crippen molar-refractivity contribution in [2.75, 3.05) is 0 Å². The van der Waals surface area contributed by atoms with Crippen molar-refractivity contribution in [3.05, 3.63) is 18.2 Å². The molecule has 0 radical (unpaired) electrons. The first-order valence-electron chi connectivity index (χ1n) is 17.3. The van der Waals surface area contributed by atoms with E-state index >= 15 is 0 Å². The van der Waals surface area contributed by atoms with E-state index in [4.69, 9.17) is 0 Å². The molecule has 2 unspecified atom stereocenters. The van der Waals surface area contributed by atoms with Crippen molar-refractivity contribution in [2.24, 2.45) is 0 Å². The standard InChI is InChI=1S/C35H68N2/c1-5-7-9-11-13-15-16-17-18-19-20-22-23-25-27-29-33(3)35-36-31-32-37(35)34(4)30-28-26-24-21-14-12-10-8-6-2/h31-34H,5-30H2,1-4H3/p+1. The molecule has 0 fully saturated rings. The van der Waals surface area contributed by atoms with Crippen LogP contribution in [0.5, 0.6) is 0 Å². The molecule has 0 saturated carbocycles. The summed E-state index contributed by atoms with van der Waals surface area (Å²) in [6.07, 6.45) is 41.5. The van der Waals surface area contributed by atoms with Gasteiger partial charge in [0.2, 0.25) is 0 Å². The average Bonchev–Trinajstić information content (AvgIpc) is 3.40. The van der Waals surface area contributed by atoms with Crippen LogP contribution in [0.4, 0.5) is 0 Å². The van der Waals surface area contributed by atoms with Gasteiger partial charge in [-0.3, -0.25) is 0 Å². The van der Waals surface area contributed by atoms with Gasteiger partial charge in [0.25, 0.3) is 5.82 Å². The lowest BCUT2D eigenvalue weighted by Crippen LogP contribution is -2.40. The van der Waals surface area contributed by atoms with E-state index in [1.54, 1.807) is 0 Å². The predicted octanol–water partition coefficient (Wildman–Crippen LogP) is 12.1. The number of nitrogens with one attached hydrogen (secondary N) is 1. The molecule has 1 N–H and O–H groups in total. The maximum Gasteiger partial charge on any atom is 0.257 e. The number of aromatic amines is 1. The third kappa shape index (κ3) is 19.0. The second kappa shape index (κ2) is 25.5. The van der Waals surface area contributed by atoms with Crippen molar-refractivity contribution in [3.63, 3.8) is 0 Å².